The van der Waals surface area contributed by atoms with Crippen LogP contribution >= 0.6 is 11.8 Å². The molecular weight excluding hydrogens is 407 g/mol. The lowest BCUT2D eigenvalue weighted by atomic mass is 10.2. The molecule has 2 aromatic carbocycles. The third kappa shape index (κ3) is 3.78. The van der Waals surface area contributed by atoms with Crippen molar-refractivity contribution in [1.29, 1.82) is 0 Å². The summed E-state index contributed by atoms with van der Waals surface area (Å²) < 4.78 is 27.7. The van der Waals surface area contributed by atoms with Crippen LogP contribution in [0.15, 0.2) is 52.4 Å². The molecule has 0 saturated carbocycles. The van der Waals surface area contributed by atoms with Crippen molar-refractivity contribution in [3.8, 4) is 5.75 Å². The van der Waals surface area contributed by atoms with Crippen molar-refractivity contribution in [3.05, 3.63) is 64.2 Å². The van der Waals surface area contributed by atoms with E-state index >= 15 is 0 Å². The summed E-state index contributed by atoms with van der Waals surface area (Å²) in [6.07, 6.45) is 0.681. The highest BCUT2D eigenvalue weighted by Crippen LogP contribution is 2.29. The molecule has 0 aliphatic rings. The molecule has 0 amide bonds. The van der Waals surface area contributed by atoms with E-state index in [0.717, 1.165) is 11.1 Å². The van der Waals surface area contributed by atoms with Gasteiger partial charge in [-0.05, 0) is 36.8 Å². The van der Waals surface area contributed by atoms with Gasteiger partial charge in [0, 0.05) is 31.6 Å². The molecule has 0 fully saturated rings. The fourth-order valence-corrected chi connectivity index (χ4v) is 4.32. The lowest BCUT2D eigenvalue weighted by molar-refractivity contribution is 0.190. The largest absolute Gasteiger partial charge is 0.496 e. The zero-order chi connectivity index (χ0) is 21.1. The summed E-state index contributed by atoms with van der Waals surface area (Å²) in [5, 5.41) is 9.82. The Morgan fingerprint density at radius 2 is 1.97 bits per heavy atom. The number of benzene rings is 2. The molecule has 0 spiro atoms. The second kappa shape index (κ2) is 8.85. The normalized spacial score (nSPS) is 11.4. The number of ether oxygens (including phenoxy) is 2. The Balaban J connectivity index is 1.78. The van der Waals surface area contributed by atoms with Gasteiger partial charge < -0.3 is 9.47 Å². The number of aromatic nitrogens is 4. The Labute approximate surface area is 176 Å². The molecule has 0 radical (unpaired) electrons. The quantitative estimate of drug-likeness (QED) is 0.316. The minimum Gasteiger partial charge on any atom is -0.496 e. The van der Waals surface area contributed by atoms with Gasteiger partial charge in [-0.3, -0.25) is 13.8 Å². The van der Waals surface area contributed by atoms with Gasteiger partial charge in [-0.2, -0.15) is 0 Å². The first-order valence-corrected chi connectivity index (χ1v) is 10.4. The highest BCUT2D eigenvalue weighted by Gasteiger charge is 2.17. The standard InChI is InChI=1S/C21H21FN4O3S/c1-28-11-5-10-25-19(27)16-6-3-4-7-17(16)26-20(25)23-24-21(26)30-13-14-12-15(22)8-9-18(14)29-2/h3-4,6-9,12H,5,10-11,13H2,1-2H3. The third-order valence-electron chi connectivity index (χ3n) is 4.81. The van der Waals surface area contributed by atoms with Crippen molar-refractivity contribution in [3.63, 3.8) is 0 Å². The molecule has 0 bridgehead atoms. The molecule has 156 valence electrons. The van der Waals surface area contributed by atoms with Gasteiger partial charge in [-0.1, -0.05) is 23.9 Å². The molecule has 2 heterocycles. The summed E-state index contributed by atoms with van der Waals surface area (Å²) in [4.78, 5) is 13.0. The van der Waals surface area contributed by atoms with Gasteiger partial charge >= 0.3 is 0 Å². The molecule has 30 heavy (non-hydrogen) atoms. The molecule has 0 unspecified atom stereocenters. The van der Waals surface area contributed by atoms with Crippen LogP contribution in [0.2, 0.25) is 0 Å². The third-order valence-corrected chi connectivity index (χ3v) is 5.79. The van der Waals surface area contributed by atoms with Gasteiger partial charge in [0.25, 0.3) is 5.56 Å². The number of aryl methyl sites for hydroxylation is 1. The summed E-state index contributed by atoms with van der Waals surface area (Å²) in [6, 6.07) is 11.8. The smallest absolute Gasteiger partial charge is 0.262 e. The predicted octanol–water partition coefficient (Wildman–Crippen LogP) is 3.52. The Hall–Kier alpha value is -2.91. The van der Waals surface area contributed by atoms with E-state index in [4.69, 9.17) is 9.47 Å². The fraction of sp³-hybridized carbons (Fsp3) is 0.286. The first-order valence-electron chi connectivity index (χ1n) is 9.45. The molecule has 0 N–H and O–H groups in total. The van der Waals surface area contributed by atoms with Crippen LogP contribution in [0.4, 0.5) is 4.39 Å². The SMILES string of the molecule is COCCCn1c(=O)c2ccccc2n2c(SCc3cc(F)ccc3OC)nnc12. The maximum atomic E-state index is 13.7. The molecule has 0 aliphatic heterocycles. The zero-order valence-corrected chi connectivity index (χ0v) is 17.5. The van der Waals surface area contributed by atoms with Crippen LogP contribution in [-0.4, -0.2) is 40.0 Å². The Bertz CT molecular complexity index is 1250. The van der Waals surface area contributed by atoms with Crippen LogP contribution in [0.25, 0.3) is 16.7 Å². The van der Waals surface area contributed by atoms with Crippen LogP contribution in [0.5, 0.6) is 5.75 Å². The molecule has 0 aliphatic carbocycles. The molecular formula is C21H21FN4O3S. The van der Waals surface area contributed by atoms with Crippen molar-refractivity contribution in [1.82, 2.24) is 19.2 Å². The van der Waals surface area contributed by atoms with Crippen molar-refractivity contribution in [2.75, 3.05) is 20.8 Å². The van der Waals surface area contributed by atoms with E-state index in [0.29, 0.717) is 47.4 Å². The number of para-hydroxylation sites is 1. The van der Waals surface area contributed by atoms with E-state index in [1.165, 1.54) is 23.9 Å². The maximum absolute atomic E-state index is 13.7. The predicted molar refractivity (Wildman–Crippen MR) is 114 cm³/mol. The summed E-state index contributed by atoms with van der Waals surface area (Å²) in [5.74, 6) is 1.20. The summed E-state index contributed by atoms with van der Waals surface area (Å²) in [7, 11) is 3.19. The number of hydrogen-bond donors (Lipinski definition) is 0. The van der Waals surface area contributed by atoms with Crippen LogP contribution < -0.4 is 10.3 Å². The number of halogens is 1. The monoisotopic (exact) mass is 428 g/mol. The molecule has 0 atom stereocenters. The minimum absolute atomic E-state index is 0.107. The highest BCUT2D eigenvalue weighted by atomic mass is 32.2. The van der Waals surface area contributed by atoms with E-state index in [-0.39, 0.29) is 11.4 Å². The van der Waals surface area contributed by atoms with Gasteiger partial charge in [0.05, 0.1) is 18.0 Å². The van der Waals surface area contributed by atoms with Crippen LogP contribution in [0.3, 0.4) is 0 Å². The van der Waals surface area contributed by atoms with E-state index < -0.39 is 0 Å². The number of rotatable bonds is 8. The van der Waals surface area contributed by atoms with Gasteiger partial charge in [0.15, 0.2) is 5.16 Å². The van der Waals surface area contributed by atoms with Crippen molar-refractivity contribution < 1.29 is 13.9 Å². The number of methoxy groups -OCH3 is 2. The number of thioether (sulfide) groups is 1. The summed E-state index contributed by atoms with van der Waals surface area (Å²) in [5.41, 5.74) is 1.35. The van der Waals surface area contributed by atoms with Crippen molar-refractivity contribution in [2.24, 2.45) is 0 Å². The molecule has 0 saturated heterocycles. The second-order valence-electron chi connectivity index (χ2n) is 6.68. The van der Waals surface area contributed by atoms with Gasteiger partial charge in [-0.25, -0.2) is 4.39 Å². The van der Waals surface area contributed by atoms with E-state index in [1.54, 1.807) is 30.9 Å². The molecule has 9 heteroatoms. The lowest BCUT2D eigenvalue weighted by Gasteiger charge is -2.11. The highest BCUT2D eigenvalue weighted by molar-refractivity contribution is 7.98. The van der Waals surface area contributed by atoms with Gasteiger partial charge in [-0.15, -0.1) is 10.2 Å². The first kappa shape index (κ1) is 20.4. The Morgan fingerprint density at radius 3 is 2.77 bits per heavy atom. The average molecular weight is 428 g/mol. The van der Waals surface area contributed by atoms with Crippen LogP contribution in [-0.2, 0) is 17.0 Å². The number of nitrogens with zero attached hydrogens (tertiary/aromatic N) is 4. The number of fused-ring (bicyclic) bond motifs is 3. The lowest BCUT2D eigenvalue weighted by Crippen LogP contribution is -2.24. The summed E-state index contributed by atoms with van der Waals surface area (Å²) in [6.45, 7) is 1.02. The topological polar surface area (TPSA) is 70.7 Å². The molecule has 2 aromatic heterocycles. The minimum atomic E-state index is -0.324. The second-order valence-corrected chi connectivity index (χ2v) is 7.63. The molecule has 4 rings (SSSR count). The maximum Gasteiger partial charge on any atom is 0.262 e. The summed E-state index contributed by atoms with van der Waals surface area (Å²) >= 11 is 1.41. The van der Waals surface area contributed by atoms with Gasteiger partial charge in [0.2, 0.25) is 5.78 Å². The van der Waals surface area contributed by atoms with E-state index in [2.05, 4.69) is 10.2 Å². The van der Waals surface area contributed by atoms with Gasteiger partial charge in [0.1, 0.15) is 11.6 Å². The molecule has 7 nitrogen and oxygen atoms in total. The van der Waals surface area contributed by atoms with Crippen LogP contribution in [0, 0.1) is 5.82 Å². The van der Waals surface area contributed by atoms with Crippen molar-refractivity contribution >= 4 is 28.4 Å². The number of hydrogen-bond acceptors (Lipinski definition) is 6. The zero-order valence-electron chi connectivity index (χ0n) is 16.7. The Kier molecular flexibility index (Phi) is 6.01. The van der Waals surface area contributed by atoms with Crippen molar-refractivity contribution in [2.45, 2.75) is 23.9 Å². The Morgan fingerprint density at radius 1 is 1.13 bits per heavy atom. The van der Waals surface area contributed by atoms with E-state index in [9.17, 15) is 9.18 Å². The fourth-order valence-electron chi connectivity index (χ4n) is 3.40. The van der Waals surface area contributed by atoms with E-state index in [1.807, 2.05) is 22.6 Å². The average Bonchev–Trinajstić information content (AvgIpc) is 3.18. The molecule has 4 aromatic rings. The first-order chi connectivity index (χ1) is 14.6. The van der Waals surface area contributed by atoms with Crippen LogP contribution in [0.1, 0.15) is 12.0 Å².